The number of aryl methyl sites for hydroxylation is 2. The van der Waals surface area contributed by atoms with E-state index >= 15 is 0 Å². The smallest absolute Gasteiger partial charge is 0.328 e. The van der Waals surface area contributed by atoms with Crippen molar-refractivity contribution in [1.29, 1.82) is 0 Å². The van der Waals surface area contributed by atoms with Gasteiger partial charge in [0.05, 0.1) is 19.2 Å². The van der Waals surface area contributed by atoms with Gasteiger partial charge in [-0.25, -0.2) is 4.79 Å². The number of hydrogen-bond donors (Lipinski definition) is 2. The number of rotatable bonds is 6. The van der Waals surface area contributed by atoms with Crippen LogP contribution in [-0.4, -0.2) is 39.8 Å². The molecule has 3 rings (SSSR count). The van der Waals surface area contributed by atoms with Crippen LogP contribution in [0.2, 0.25) is 0 Å². The van der Waals surface area contributed by atoms with Crippen molar-refractivity contribution in [3.05, 3.63) is 53.0 Å². The molecule has 27 heavy (non-hydrogen) atoms. The summed E-state index contributed by atoms with van der Waals surface area (Å²) in [5, 5.41) is 8.18. The molecule has 0 saturated heterocycles. The first-order valence-electron chi connectivity index (χ1n) is 8.82. The van der Waals surface area contributed by atoms with Gasteiger partial charge in [-0.05, 0) is 25.5 Å². The third-order valence-corrected chi connectivity index (χ3v) is 4.92. The first kappa shape index (κ1) is 18.7. The highest BCUT2D eigenvalue weighted by molar-refractivity contribution is 5.88. The fourth-order valence-corrected chi connectivity index (χ4v) is 3.34. The molecule has 7 heteroatoms. The minimum Gasteiger partial charge on any atom is -0.467 e. The van der Waals surface area contributed by atoms with Gasteiger partial charge in [0.2, 0.25) is 5.91 Å². The van der Waals surface area contributed by atoms with Crippen molar-refractivity contribution in [3.8, 4) is 0 Å². The zero-order valence-corrected chi connectivity index (χ0v) is 16.0. The van der Waals surface area contributed by atoms with Gasteiger partial charge in [-0.1, -0.05) is 18.2 Å². The third-order valence-electron chi connectivity index (χ3n) is 4.92. The molecule has 0 aliphatic rings. The van der Waals surface area contributed by atoms with Gasteiger partial charge in [0, 0.05) is 41.8 Å². The van der Waals surface area contributed by atoms with Crippen LogP contribution >= 0.6 is 0 Å². The van der Waals surface area contributed by atoms with Crippen molar-refractivity contribution < 1.29 is 14.3 Å². The van der Waals surface area contributed by atoms with Gasteiger partial charge in [0.15, 0.2) is 0 Å². The number of fused-ring (bicyclic) bond motifs is 1. The van der Waals surface area contributed by atoms with Crippen molar-refractivity contribution in [2.75, 3.05) is 7.11 Å². The van der Waals surface area contributed by atoms with Crippen LogP contribution < -0.4 is 5.32 Å². The molecule has 142 valence electrons. The minimum atomic E-state index is -0.751. The normalized spacial score (nSPS) is 12.1. The number of nitrogens with one attached hydrogen (secondary N) is 2. The van der Waals surface area contributed by atoms with Crippen molar-refractivity contribution >= 4 is 22.8 Å². The van der Waals surface area contributed by atoms with Crippen molar-refractivity contribution in [3.63, 3.8) is 0 Å². The molecule has 2 N–H and O–H groups in total. The molecule has 0 bridgehead atoms. The predicted octanol–water partition coefficient (Wildman–Crippen LogP) is 1.96. The number of aromatic nitrogens is 3. The predicted molar refractivity (Wildman–Crippen MR) is 102 cm³/mol. The minimum absolute atomic E-state index is 0.173. The Morgan fingerprint density at radius 1 is 1.30 bits per heavy atom. The van der Waals surface area contributed by atoms with Crippen LogP contribution in [0.3, 0.4) is 0 Å². The molecule has 0 aliphatic carbocycles. The van der Waals surface area contributed by atoms with Crippen LogP contribution in [0.5, 0.6) is 0 Å². The third kappa shape index (κ3) is 3.86. The van der Waals surface area contributed by atoms with E-state index in [4.69, 9.17) is 4.74 Å². The summed E-state index contributed by atoms with van der Waals surface area (Å²) in [6.45, 7) is 3.80. The Hall–Kier alpha value is -3.09. The maximum atomic E-state index is 12.6. The Morgan fingerprint density at radius 3 is 2.70 bits per heavy atom. The highest BCUT2D eigenvalue weighted by atomic mass is 16.5. The fraction of sp³-hybridized carbons (Fsp3) is 0.350. The summed E-state index contributed by atoms with van der Waals surface area (Å²) < 4.78 is 6.65. The molecule has 0 saturated carbocycles. The van der Waals surface area contributed by atoms with Gasteiger partial charge < -0.3 is 15.0 Å². The number of amides is 1. The first-order chi connectivity index (χ1) is 12.9. The van der Waals surface area contributed by atoms with Crippen molar-refractivity contribution in [2.24, 2.45) is 7.05 Å². The van der Waals surface area contributed by atoms with E-state index < -0.39 is 12.0 Å². The second-order valence-corrected chi connectivity index (χ2v) is 6.66. The number of carbonyl (C=O) groups excluding carboxylic acids is 2. The summed E-state index contributed by atoms with van der Waals surface area (Å²) >= 11 is 0. The number of methoxy groups -OCH3 is 1. The molecule has 1 atom stereocenters. The van der Waals surface area contributed by atoms with E-state index in [0.29, 0.717) is 6.42 Å². The van der Waals surface area contributed by atoms with Crippen molar-refractivity contribution in [2.45, 2.75) is 32.7 Å². The lowest BCUT2D eigenvalue weighted by atomic mass is 10.0. The Kier molecular flexibility index (Phi) is 5.30. The number of para-hydroxylation sites is 1. The van der Waals surface area contributed by atoms with E-state index in [9.17, 15) is 9.59 Å². The number of esters is 1. The van der Waals surface area contributed by atoms with Gasteiger partial charge in [-0.3, -0.25) is 9.48 Å². The zero-order chi connectivity index (χ0) is 19.6. The summed E-state index contributed by atoms with van der Waals surface area (Å²) in [4.78, 5) is 28.0. The molecule has 1 amide bonds. The van der Waals surface area contributed by atoms with E-state index in [2.05, 4.69) is 15.4 Å². The number of benzene rings is 1. The number of carbonyl (C=O) groups is 2. The number of aromatic amines is 1. The average Bonchev–Trinajstić information content (AvgIpc) is 3.16. The molecular formula is C20H24N4O3. The Morgan fingerprint density at radius 2 is 2.04 bits per heavy atom. The van der Waals surface area contributed by atoms with Crippen LogP contribution in [0.15, 0.2) is 30.5 Å². The van der Waals surface area contributed by atoms with Crippen LogP contribution in [0.4, 0.5) is 0 Å². The Balaban J connectivity index is 1.77. The number of hydrogen-bond acceptors (Lipinski definition) is 4. The van der Waals surface area contributed by atoms with Gasteiger partial charge in [-0.15, -0.1) is 0 Å². The van der Waals surface area contributed by atoms with Crippen LogP contribution in [0.1, 0.15) is 22.5 Å². The lowest BCUT2D eigenvalue weighted by Gasteiger charge is -2.16. The number of nitrogens with zero attached hydrogens (tertiary/aromatic N) is 2. The number of ether oxygens (including phenoxy) is 1. The van der Waals surface area contributed by atoms with Gasteiger partial charge >= 0.3 is 5.97 Å². The van der Waals surface area contributed by atoms with Crippen molar-refractivity contribution in [1.82, 2.24) is 20.1 Å². The molecule has 2 heterocycles. The molecule has 0 fully saturated rings. The van der Waals surface area contributed by atoms with Crippen LogP contribution in [0, 0.1) is 13.8 Å². The molecule has 0 radical (unpaired) electrons. The lowest BCUT2D eigenvalue weighted by molar-refractivity contribution is -0.145. The molecular weight excluding hydrogens is 344 g/mol. The Labute approximate surface area is 157 Å². The molecule has 0 spiro atoms. The van der Waals surface area contributed by atoms with Gasteiger partial charge in [0.25, 0.3) is 0 Å². The quantitative estimate of drug-likeness (QED) is 0.651. The molecule has 1 aromatic carbocycles. The molecule has 0 aliphatic heterocycles. The largest absolute Gasteiger partial charge is 0.467 e. The van der Waals surface area contributed by atoms with Crippen LogP contribution in [-0.2, 0) is 34.2 Å². The SMILES string of the molecule is COC(=O)[C@@H](Cc1c[nH]c2ccccc12)NC(=O)Cc1c(C)nn(C)c1C. The van der Waals surface area contributed by atoms with E-state index in [-0.39, 0.29) is 12.3 Å². The van der Waals surface area contributed by atoms with E-state index in [0.717, 1.165) is 33.4 Å². The average molecular weight is 368 g/mol. The van der Waals surface area contributed by atoms with Gasteiger partial charge in [-0.2, -0.15) is 5.10 Å². The molecule has 2 aromatic heterocycles. The van der Waals surface area contributed by atoms with E-state index in [1.807, 2.05) is 51.4 Å². The summed E-state index contributed by atoms with van der Waals surface area (Å²) in [7, 11) is 3.17. The summed E-state index contributed by atoms with van der Waals surface area (Å²) in [5.41, 5.74) is 4.58. The maximum Gasteiger partial charge on any atom is 0.328 e. The monoisotopic (exact) mass is 368 g/mol. The first-order valence-corrected chi connectivity index (χ1v) is 8.82. The second-order valence-electron chi connectivity index (χ2n) is 6.66. The summed E-state index contributed by atoms with van der Waals surface area (Å²) in [6, 6.07) is 7.09. The van der Waals surface area contributed by atoms with Crippen LogP contribution in [0.25, 0.3) is 10.9 Å². The molecule has 0 unspecified atom stereocenters. The van der Waals surface area contributed by atoms with E-state index in [1.165, 1.54) is 7.11 Å². The fourth-order valence-electron chi connectivity index (χ4n) is 3.34. The highest BCUT2D eigenvalue weighted by Crippen LogP contribution is 2.19. The number of H-pyrrole nitrogens is 1. The summed E-state index contributed by atoms with van der Waals surface area (Å²) in [5.74, 6) is -0.697. The molecule has 3 aromatic rings. The zero-order valence-electron chi connectivity index (χ0n) is 16.0. The maximum absolute atomic E-state index is 12.6. The topological polar surface area (TPSA) is 89.0 Å². The van der Waals surface area contributed by atoms with Gasteiger partial charge in [0.1, 0.15) is 6.04 Å². The summed E-state index contributed by atoms with van der Waals surface area (Å²) in [6.07, 6.45) is 2.39. The second kappa shape index (κ2) is 7.65. The molecule has 7 nitrogen and oxygen atoms in total. The highest BCUT2D eigenvalue weighted by Gasteiger charge is 2.24. The lowest BCUT2D eigenvalue weighted by Crippen LogP contribution is -2.43. The van der Waals surface area contributed by atoms with E-state index in [1.54, 1.807) is 4.68 Å². The Bertz CT molecular complexity index is 986. The standard InChI is InChI=1S/C20H24N4O3/c1-12-16(13(2)24(3)23-12)10-19(25)22-18(20(26)27-4)9-14-11-21-17-8-6-5-7-15(14)17/h5-8,11,18,21H,9-10H2,1-4H3,(H,22,25)/t18-/m1/s1.